The SMILES string of the molecule is Cc1c(Cl)cccc1N1CCN(C[C@@H](O)CNc2ncnc3c2nc(-c2ccccc2)n3-c2ccccc2)CC1. The summed E-state index contributed by atoms with van der Waals surface area (Å²) in [6.07, 6.45) is 0.985. The van der Waals surface area contributed by atoms with Crippen LogP contribution in [0.3, 0.4) is 0 Å². The number of imidazole rings is 1. The molecular formula is C31H32ClN7O. The Bertz CT molecular complexity index is 1580. The molecular weight excluding hydrogens is 522 g/mol. The van der Waals surface area contributed by atoms with Gasteiger partial charge in [0.1, 0.15) is 12.2 Å². The minimum atomic E-state index is -0.561. The molecule has 9 heteroatoms. The number of aliphatic hydroxyl groups excluding tert-OH is 1. The molecule has 1 saturated heterocycles. The molecule has 0 amide bonds. The Labute approximate surface area is 238 Å². The number of fused-ring (bicyclic) bond motifs is 1. The molecule has 3 heterocycles. The fourth-order valence-electron chi connectivity index (χ4n) is 5.31. The number of rotatable bonds is 8. The van der Waals surface area contributed by atoms with Gasteiger partial charge in [-0.1, -0.05) is 66.2 Å². The molecule has 1 aliphatic rings. The van der Waals surface area contributed by atoms with Crippen molar-refractivity contribution < 1.29 is 5.11 Å². The number of nitrogens with one attached hydrogen (secondary N) is 1. The van der Waals surface area contributed by atoms with E-state index in [1.165, 1.54) is 5.69 Å². The average Bonchev–Trinajstić information content (AvgIpc) is 3.39. The van der Waals surface area contributed by atoms with Gasteiger partial charge in [0.2, 0.25) is 0 Å². The number of hydrogen-bond acceptors (Lipinski definition) is 7. The van der Waals surface area contributed by atoms with Crippen molar-refractivity contribution >= 4 is 34.3 Å². The highest BCUT2D eigenvalue weighted by molar-refractivity contribution is 6.31. The Hall–Kier alpha value is -3.98. The van der Waals surface area contributed by atoms with Crippen molar-refractivity contribution in [3.05, 3.63) is 95.8 Å². The number of piperazine rings is 1. The summed E-state index contributed by atoms with van der Waals surface area (Å²) in [5.41, 5.74) is 5.64. The lowest BCUT2D eigenvalue weighted by atomic mass is 10.1. The number of β-amino-alcohol motifs (C(OH)–C–C–N with tert-alkyl or cyclic N) is 1. The van der Waals surface area contributed by atoms with E-state index in [1.54, 1.807) is 6.33 Å². The Morgan fingerprint density at radius 3 is 2.38 bits per heavy atom. The molecule has 6 rings (SSSR count). The second-order valence-electron chi connectivity index (χ2n) is 10.1. The number of hydrogen-bond donors (Lipinski definition) is 2. The molecule has 0 spiro atoms. The van der Waals surface area contributed by atoms with Crippen LogP contribution in [0.25, 0.3) is 28.2 Å². The summed E-state index contributed by atoms with van der Waals surface area (Å²) < 4.78 is 2.05. The first-order valence-corrected chi connectivity index (χ1v) is 13.9. The van der Waals surface area contributed by atoms with Crippen LogP contribution in [0.5, 0.6) is 0 Å². The molecule has 8 nitrogen and oxygen atoms in total. The normalized spacial score (nSPS) is 14.9. The fraction of sp³-hybridized carbons (Fsp3) is 0.258. The lowest BCUT2D eigenvalue weighted by Crippen LogP contribution is -2.49. The minimum absolute atomic E-state index is 0.360. The third-order valence-electron chi connectivity index (χ3n) is 7.42. The number of anilines is 2. The average molecular weight is 554 g/mol. The molecule has 0 aliphatic carbocycles. The number of para-hydroxylation sites is 1. The molecule has 2 aromatic heterocycles. The molecule has 1 aliphatic heterocycles. The number of halogens is 1. The largest absolute Gasteiger partial charge is 0.390 e. The molecule has 2 N–H and O–H groups in total. The van der Waals surface area contributed by atoms with Gasteiger partial charge in [-0.15, -0.1) is 0 Å². The maximum atomic E-state index is 10.9. The van der Waals surface area contributed by atoms with Crippen LogP contribution in [0.4, 0.5) is 11.5 Å². The van der Waals surface area contributed by atoms with Gasteiger partial charge in [0.05, 0.1) is 6.10 Å². The van der Waals surface area contributed by atoms with Crippen LogP contribution in [-0.2, 0) is 0 Å². The first-order chi connectivity index (χ1) is 19.6. The van der Waals surface area contributed by atoms with Crippen molar-refractivity contribution in [1.29, 1.82) is 0 Å². The summed E-state index contributed by atoms with van der Waals surface area (Å²) in [5, 5.41) is 15.0. The van der Waals surface area contributed by atoms with Crippen molar-refractivity contribution in [2.75, 3.05) is 49.5 Å². The minimum Gasteiger partial charge on any atom is -0.390 e. The third kappa shape index (κ3) is 5.38. The summed E-state index contributed by atoms with van der Waals surface area (Å²) in [5.74, 6) is 1.40. The van der Waals surface area contributed by atoms with Gasteiger partial charge in [0.25, 0.3) is 0 Å². The Kier molecular flexibility index (Phi) is 7.64. The van der Waals surface area contributed by atoms with Gasteiger partial charge in [0, 0.05) is 61.2 Å². The number of aliphatic hydroxyl groups is 1. The summed E-state index contributed by atoms with van der Waals surface area (Å²) >= 11 is 6.33. The number of aromatic nitrogens is 4. The van der Waals surface area contributed by atoms with E-state index in [-0.39, 0.29) is 0 Å². The van der Waals surface area contributed by atoms with Crippen LogP contribution in [0.1, 0.15) is 5.56 Å². The van der Waals surface area contributed by atoms with Gasteiger partial charge in [-0.3, -0.25) is 9.47 Å². The lowest BCUT2D eigenvalue weighted by molar-refractivity contribution is 0.118. The van der Waals surface area contributed by atoms with Gasteiger partial charge in [0.15, 0.2) is 17.0 Å². The smallest absolute Gasteiger partial charge is 0.170 e. The van der Waals surface area contributed by atoms with E-state index >= 15 is 0 Å². The topological polar surface area (TPSA) is 82.3 Å². The molecule has 0 bridgehead atoms. The molecule has 0 radical (unpaired) electrons. The summed E-state index contributed by atoms with van der Waals surface area (Å²) in [7, 11) is 0. The maximum absolute atomic E-state index is 10.9. The highest BCUT2D eigenvalue weighted by Crippen LogP contribution is 2.30. The van der Waals surface area contributed by atoms with Crippen LogP contribution in [0, 0.1) is 6.92 Å². The van der Waals surface area contributed by atoms with Gasteiger partial charge in [-0.25, -0.2) is 15.0 Å². The first kappa shape index (κ1) is 26.3. The highest BCUT2D eigenvalue weighted by atomic mass is 35.5. The Balaban J connectivity index is 1.15. The van der Waals surface area contributed by atoms with Gasteiger partial charge >= 0.3 is 0 Å². The van der Waals surface area contributed by atoms with E-state index in [4.69, 9.17) is 16.6 Å². The summed E-state index contributed by atoms with van der Waals surface area (Å²) in [4.78, 5) is 18.7. The van der Waals surface area contributed by atoms with Gasteiger partial charge in [-0.2, -0.15) is 0 Å². The summed E-state index contributed by atoms with van der Waals surface area (Å²) in [6, 6.07) is 26.2. The molecule has 40 heavy (non-hydrogen) atoms. The molecule has 5 aromatic rings. The van der Waals surface area contributed by atoms with Crippen LogP contribution in [0.2, 0.25) is 5.02 Å². The summed E-state index contributed by atoms with van der Waals surface area (Å²) in [6.45, 7) is 6.55. The first-order valence-electron chi connectivity index (χ1n) is 13.6. The highest BCUT2D eigenvalue weighted by Gasteiger charge is 2.22. The Morgan fingerprint density at radius 2 is 1.62 bits per heavy atom. The van der Waals surface area contributed by atoms with E-state index in [2.05, 4.69) is 42.6 Å². The number of nitrogens with zero attached hydrogens (tertiary/aromatic N) is 6. The zero-order valence-electron chi connectivity index (χ0n) is 22.4. The van der Waals surface area contributed by atoms with Crippen LogP contribution >= 0.6 is 11.6 Å². The molecule has 1 atom stereocenters. The van der Waals surface area contributed by atoms with Crippen molar-refractivity contribution in [1.82, 2.24) is 24.4 Å². The Morgan fingerprint density at radius 1 is 0.900 bits per heavy atom. The van der Waals surface area contributed by atoms with E-state index < -0.39 is 6.10 Å². The zero-order valence-corrected chi connectivity index (χ0v) is 23.2. The van der Waals surface area contributed by atoms with E-state index in [1.807, 2.05) is 72.8 Å². The predicted molar refractivity (Wildman–Crippen MR) is 161 cm³/mol. The quantitative estimate of drug-likeness (QED) is 0.278. The van der Waals surface area contributed by atoms with Crippen LogP contribution < -0.4 is 10.2 Å². The molecule has 0 saturated carbocycles. The zero-order chi connectivity index (χ0) is 27.5. The van der Waals surface area contributed by atoms with Crippen LogP contribution in [-0.4, -0.2) is 74.9 Å². The maximum Gasteiger partial charge on any atom is 0.170 e. The fourth-order valence-corrected chi connectivity index (χ4v) is 5.48. The number of benzene rings is 3. The van der Waals surface area contributed by atoms with Gasteiger partial charge in [-0.05, 0) is 36.8 Å². The second-order valence-corrected chi connectivity index (χ2v) is 10.5. The van der Waals surface area contributed by atoms with Crippen molar-refractivity contribution in [2.45, 2.75) is 13.0 Å². The lowest BCUT2D eigenvalue weighted by Gasteiger charge is -2.37. The molecule has 1 fully saturated rings. The van der Waals surface area contributed by atoms with Crippen molar-refractivity contribution in [3.63, 3.8) is 0 Å². The van der Waals surface area contributed by atoms with Crippen LogP contribution in [0.15, 0.2) is 85.2 Å². The monoisotopic (exact) mass is 553 g/mol. The van der Waals surface area contributed by atoms with Crippen molar-refractivity contribution in [2.24, 2.45) is 0 Å². The van der Waals surface area contributed by atoms with E-state index in [0.29, 0.717) is 30.1 Å². The van der Waals surface area contributed by atoms with Crippen molar-refractivity contribution in [3.8, 4) is 17.1 Å². The second kappa shape index (κ2) is 11.6. The van der Waals surface area contributed by atoms with E-state index in [0.717, 1.165) is 53.8 Å². The predicted octanol–water partition coefficient (Wildman–Crippen LogP) is 5.04. The van der Waals surface area contributed by atoms with E-state index in [9.17, 15) is 5.11 Å². The molecule has 0 unspecified atom stereocenters. The molecule has 3 aromatic carbocycles. The molecule has 204 valence electrons. The van der Waals surface area contributed by atoms with Gasteiger partial charge < -0.3 is 15.3 Å². The standard InChI is InChI=1S/C31H32ClN7O/c1-22-26(32)13-8-14-27(22)38-17-15-37(16-18-38)20-25(40)19-33-29-28-31(35-21-34-29)39(24-11-6-3-7-12-24)30(36-28)23-9-4-2-5-10-23/h2-14,21,25,40H,15-20H2,1H3,(H,33,34,35)/t25-/m0/s1. The third-order valence-corrected chi connectivity index (χ3v) is 7.83.